The third-order valence-electron chi connectivity index (χ3n) is 1.76. The van der Waals surface area contributed by atoms with Crippen LogP contribution in [0.5, 0.6) is 0 Å². The molecule has 0 spiro atoms. The lowest BCUT2D eigenvalue weighted by atomic mass is 10.2. The zero-order valence-electron chi connectivity index (χ0n) is 7.30. The van der Waals surface area contributed by atoms with Crippen LogP contribution in [0.3, 0.4) is 0 Å². The van der Waals surface area contributed by atoms with E-state index in [1.54, 1.807) is 0 Å². The topological polar surface area (TPSA) is 18.5 Å². The maximum absolute atomic E-state index is 5.58. The summed E-state index contributed by atoms with van der Waals surface area (Å²) in [5.41, 5.74) is 0. The first-order valence-corrected chi connectivity index (χ1v) is 4.07. The van der Waals surface area contributed by atoms with E-state index in [1.165, 1.54) is 0 Å². The van der Waals surface area contributed by atoms with E-state index in [4.69, 9.17) is 9.47 Å². The standard InChI is InChI=1S/C9H16O2/c1-4-5-6-8-7-10-9(2,3)11-8/h4,8H,1,5-7H2,2-3H3/t8-/m0/s1. The summed E-state index contributed by atoms with van der Waals surface area (Å²) in [7, 11) is 0. The molecule has 1 saturated heterocycles. The molecule has 0 radical (unpaired) electrons. The lowest BCUT2D eigenvalue weighted by Crippen LogP contribution is -2.21. The molecule has 0 unspecified atom stereocenters. The Morgan fingerprint density at radius 3 is 2.82 bits per heavy atom. The number of hydrogen-bond donors (Lipinski definition) is 0. The molecule has 0 amide bonds. The number of ether oxygens (including phenoxy) is 2. The summed E-state index contributed by atoms with van der Waals surface area (Å²) < 4.78 is 11.0. The van der Waals surface area contributed by atoms with Gasteiger partial charge in [-0.05, 0) is 26.7 Å². The van der Waals surface area contributed by atoms with Crippen molar-refractivity contribution in [3.63, 3.8) is 0 Å². The minimum absolute atomic E-state index is 0.267. The van der Waals surface area contributed by atoms with Crippen LogP contribution >= 0.6 is 0 Å². The summed E-state index contributed by atoms with van der Waals surface area (Å²) in [6, 6.07) is 0. The summed E-state index contributed by atoms with van der Waals surface area (Å²) >= 11 is 0. The minimum atomic E-state index is -0.369. The van der Waals surface area contributed by atoms with Crippen LogP contribution in [0.4, 0.5) is 0 Å². The predicted molar refractivity (Wildman–Crippen MR) is 44.3 cm³/mol. The van der Waals surface area contributed by atoms with Crippen molar-refractivity contribution < 1.29 is 9.47 Å². The van der Waals surface area contributed by atoms with Gasteiger partial charge in [-0.15, -0.1) is 6.58 Å². The first-order valence-electron chi connectivity index (χ1n) is 4.07. The molecule has 1 fully saturated rings. The van der Waals surface area contributed by atoms with Crippen LogP contribution in [-0.4, -0.2) is 18.5 Å². The zero-order chi connectivity index (χ0) is 8.32. The number of allylic oxidation sites excluding steroid dienone is 1. The van der Waals surface area contributed by atoms with Crippen molar-refractivity contribution in [2.45, 2.75) is 38.6 Å². The molecular formula is C9H16O2. The Labute approximate surface area is 68.2 Å². The molecule has 64 valence electrons. The first-order chi connectivity index (χ1) is 5.14. The lowest BCUT2D eigenvalue weighted by molar-refractivity contribution is -0.138. The van der Waals surface area contributed by atoms with Crippen molar-refractivity contribution in [3.05, 3.63) is 12.7 Å². The van der Waals surface area contributed by atoms with Gasteiger partial charge in [0, 0.05) is 0 Å². The summed E-state index contributed by atoms with van der Waals surface area (Å²) in [5, 5.41) is 0. The van der Waals surface area contributed by atoms with Crippen LogP contribution in [0.25, 0.3) is 0 Å². The Kier molecular flexibility index (Phi) is 2.68. The molecule has 1 aliphatic heterocycles. The van der Waals surface area contributed by atoms with Crippen molar-refractivity contribution in [2.75, 3.05) is 6.61 Å². The Balaban J connectivity index is 2.24. The molecule has 0 N–H and O–H groups in total. The van der Waals surface area contributed by atoms with Gasteiger partial charge in [0.05, 0.1) is 12.7 Å². The van der Waals surface area contributed by atoms with Gasteiger partial charge in [0.15, 0.2) is 5.79 Å². The fourth-order valence-corrected chi connectivity index (χ4v) is 1.21. The van der Waals surface area contributed by atoms with E-state index in [0.29, 0.717) is 0 Å². The maximum atomic E-state index is 5.58. The van der Waals surface area contributed by atoms with E-state index in [9.17, 15) is 0 Å². The summed E-state index contributed by atoms with van der Waals surface area (Å²) in [6.45, 7) is 8.28. The predicted octanol–water partition coefficient (Wildman–Crippen LogP) is 2.10. The molecule has 0 bridgehead atoms. The Morgan fingerprint density at radius 2 is 2.36 bits per heavy atom. The highest BCUT2D eigenvalue weighted by Crippen LogP contribution is 2.24. The molecule has 11 heavy (non-hydrogen) atoms. The summed E-state index contributed by atoms with van der Waals surface area (Å²) in [6.07, 6.45) is 4.20. The summed E-state index contributed by atoms with van der Waals surface area (Å²) in [5.74, 6) is -0.369. The van der Waals surface area contributed by atoms with E-state index in [0.717, 1.165) is 19.4 Å². The Morgan fingerprint density at radius 1 is 1.64 bits per heavy atom. The van der Waals surface area contributed by atoms with E-state index in [-0.39, 0.29) is 11.9 Å². The van der Waals surface area contributed by atoms with E-state index in [2.05, 4.69) is 6.58 Å². The highest BCUT2D eigenvalue weighted by Gasteiger charge is 2.31. The SMILES string of the molecule is C=CCC[C@H]1COC(C)(C)O1. The van der Waals surface area contributed by atoms with E-state index in [1.807, 2.05) is 19.9 Å². The molecule has 2 nitrogen and oxygen atoms in total. The molecule has 0 aromatic carbocycles. The fraction of sp³-hybridized carbons (Fsp3) is 0.778. The fourth-order valence-electron chi connectivity index (χ4n) is 1.21. The second-order valence-corrected chi connectivity index (χ2v) is 3.32. The Hall–Kier alpha value is -0.340. The quantitative estimate of drug-likeness (QED) is 0.582. The van der Waals surface area contributed by atoms with Crippen molar-refractivity contribution in [3.8, 4) is 0 Å². The van der Waals surface area contributed by atoms with Crippen molar-refractivity contribution in [2.24, 2.45) is 0 Å². The molecule has 0 aliphatic carbocycles. The van der Waals surface area contributed by atoms with Gasteiger partial charge in [-0.25, -0.2) is 0 Å². The van der Waals surface area contributed by atoms with Crippen LogP contribution in [0.15, 0.2) is 12.7 Å². The van der Waals surface area contributed by atoms with E-state index >= 15 is 0 Å². The molecule has 0 aromatic heterocycles. The smallest absolute Gasteiger partial charge is 0.163 e. The normalized spacial score (nSPS) is 28.7. The van der Waals surface area contributed by atoms with Crippen molar-refractivity contribution >= 4 is 0 Å². The van der Waals surface area contributed by atoms with Gasteiger partial charge in [-0.2, -0.15) is 0 Å². The van der Waals surface area contributed by atoms with Crippen LogP contribution in [0, 0.1) is 0 Å². The molecule has 0 saturated carbocycles. The maximum Gasteiger partial charge on any atom is 0.163 e. The molecule has 1 aliphatic rings. The highest BCUT2D eigenvalue weighted by atomic mass is 16.7. The van der Waals surface area contributed by atoms with Crippen molar-refractivity contribution in [1.29, 1.82) is 0 Å². The van der Waals surface area contributed by atoms with Gasteiger partial charge >= 0.3 is 0 Å². The van der Waals surface area contributed by atoms with Crippen LogP contribution in [0.2, 0.25) is 0 Å². The average molecular weight is 156 g/mol. The largest absolute Gasteiger partial charge is 0.348 e. The number of hydrogen-bond acceptors (Lipinski definition) is 2. The Bertz CT molecular complexity index is 140. The second-order valence-electron chi connectivity index (χ2n) is 3.32. The van der Waals surface area contributed by atoms with Gasteiger partial charge in [-0.3, -0.25) is 0 Å². The van der Waals surface area contributed by atoms with Gasteiger partial charge < -0.3 is 9.47 Å². The zero-order valence-corrected chi connectivity index (χ0v) is 7.30. The molecule has 1 rings (SSSR count). The first kappa shape index (κ1) is 8.75. The van der Waals surface area contributed by atoms with Gasteiger partial charge in [0.2, 0.25) is 0 Å². The third-order valence-corrected chi connectivity index (χ3v) is 1.76. The minimum Gasteiger partial charge on any atom is -0.348 e. The van der Waals surface area contributed by atoms with Gasteiger partial charge in [0.1, 0.15) is 0 Å². The highest BCUT2D eigenvalue weighted by molar-refractivity contribution is 4.75. The molecule has 1 heterocycles. The molecule has 0 aromatic rings. The number of rotatable bonds is 3. The molecular weight excluding hydrogens is 140 g/mol. The van der Waals surface area contributed by atoms with Gasteiger partial charge in [0.25, 0.3) is 0 Å². The van der Waals surface area contributed by atoms with E-state index < -0.39 is 0 Å². The second kappa shape index (κ2) is 3.37. The van der Waals surface area contributed by atoms with Crippen LogP contribution in [-0.2, 0) is 9.47 Å². The summed E-state index contributed by atoms with van der Waals surface area (Å²) in [4.78, 5) is 0. The molecule has 2 heteroatoms. The van der Waals surface area contributed by atoms with Crippen molar-refractivity contribution in [1.82, 2.24) is 0 Å². The average Bonchev–Trinajstić information content (AvgIpc) is 2.26. The van der Waals surface area contributed by atoms with Gasteiger partial charge in [-0.1, -0.05) is 6.08 Å². The van der Waals surface area contributed by atoms with Crippen LogP contribution < -0.4 is 0 Å². The van der Waals surface area contributed by atoms with Crippen LogP contribution in [0.1, 0.15) is 26.7 Å². The monoisotopic (exact) mass is 156 g/mol. The third kappa shape index (κ3) is 2.64. The molecule has 1 atom stereocenters. The lowest BCUT2D eigenvalue weighted by Gasteiger charge is -2.16.